The van der Waals surface area contributed by atoms with Crippen molar-refractivity contribution < 1.29 is 0 Å². The van der Waals surface area contributed by atoms with E-state index in [1.165, 1.54) is 19.9 Å². The molecule has 0 N–H and O–H groups in total. The Bertz CT molecular complexity index is 132. The minimum atomic E-state index is 1.22. The maximum atomic E-state index is 2.29. The number of hydrogen-bond acceptors (Lipinski definition) is 0. The van der Waals surface area contributed by atoms with Gasteiger partial charge in [0.05, 0.1) is 0 Å². The van der Waals surface area contributed by atoms with Gasteiger partial charge in [0.15, 0.2) is 0 Å². The van der Waals surface area contributed by atoms with Crippen molar-refractivity contribution in [3.05, 3.63) is 11.4 Å². The van der Waals surface area contributed by atoms with Crippen molar-refractivity contribution in [3.63, 3.8) is 0 Å². The van der Waals surface area contributed by atoms with E-state index < -0.39 is 0 Å². The largest absolute Gasteiger partial charge is 0.0744 e. The molecule has 0 amide bonds. The molecule has 1 rings (SSSR count). The third kappa shape index (κ3) is 3.48. The van der Waals surface area contributed by atoms with Crippen LogP contribution in [0.4, 0.5) is 0 Å². The highest BCUT2D eigenvalue weighted by atomic mass is 31.1. The van der Waals surface area contributed by atoms with E-state index in [-0.39, 0.29) is 0 Å². The molecule has 1 aliphatic heterocycles. The molecule has 0 atom stereocenters. The maximum absolute atomic E-state index is 2.29. The second-order valence-corrected chi connectivity index (χ2v) is 3.59. The predicted molar refractivity (Wildman–Crippen MR) is 47.3 cm³/mol. The molecule has 0 saturated heterocycles. The predicted octanol–water partition coefficient (Wildman–Crippen LogP) is 3.46. The highest BCUT2D eigenvalue weighted by molar-refractivity contribution is 7.45. The van der Waals surface area contributed by atoms with E-state index in [1.807, 2.05) is 13.8 Å². The lowest BCUT2D eigenvalue weighted by Crippen LogP contribution is -1.74. The van der Waals surface area contributed by atoms with Crippen LogP contribution in [-0.4, -0.2) is 5.29 Å². The Balaban J connectivity index is 0.000000291. The molecule has 0 aromatic heterocycles. The minimum absolute atomic E-state index is 1.22. The summed E-state index contributed by atoms with van der Waals surface area (Å²) in [5.41, 5.74) is 0. The molecule has 0 nitrogen and oxygen atoms in total. The molecule has 0 aromatic rings. The minimum Gasteiger partial charge on any atom is -0.0744 e. The molecule has 0 saturated carbocycles. The Labute approximate surface area is 59.8 Å². The number of hydrogen-bond donors (Lipinski definition) is 0. The van der Waals surface area contributed by atoms with Gasteiger partial charge in [-0.05, 0) is 30.9 Å². The maximum Gasteiger partial charge on any atom is -0.00858 e. The molecule has 0 spiro atoms. The van der Waals surface area contributed by atoms with Crippen molar-refractivity contribution in [1.29, 1.82) is 0 Å². The van der Waals surface area contributed by atoms with Gasteiger partial charge in [0.1, 0.15) is 0 Å². The van der Waals surface area contributed by atoms with Gasteiger partial charge < -0.3 is 0 Å². The van der Waals surface area contributed by atoms with E-state index in [0.29, 0.717) is 0 Å². The summed E-state index contributed by atoms with van der Waals surface area (Å²) >= 11 is 0. The van der Waals surface area contributed by atoms with Crippen molar-refractivity contribution in [2.45, 2.75) is 34.1 Å². The van der Waals surface area contributed by atoms with E-state index in [1.54, 1.807) is 5.29 Å². The third-order valence-corrected chi connectivity index (χ3v) is 2.16. The molecule has 0 aliphatic carbocycles. The normalized spacial score (nSPS) is 17.3. The fraction of sp³-hybridized carbons (Fsp3) is 0.625. The van der Waals surface area contributed by atoms with Gasteiger partial charge in [-0.3, -0.25) is 0 Å². The van der Waals surface area contributed by atoms with Crippen LogP contribution in [0.2, 0.25) is 0 Å². The van der Waals surface area contributed by atoms with Crippen LogP contribution < -0.4 is 0 Å². The first-order chi connectivity index (χ1) is 4.29. The van der Waals surface area contributed by atoms with Crippen molar-refractivity contribution in [2.75, 3.05) is 0 Å². The van der Waals surface area contributed by atoms with Crippen molar-refractivity contribution in [2.24, 2.45) is 0 Å². The Morgan fingerprint density at radius 3 is 2.00 bits per heavy atom. The van der Waals surface area contributed by atoms with Crippen LogP contribution in [0.3, 0.4) is 0 Å². The Morgan fingerprint density at radius 1 is 1.33 bits per heavy atom. The summed E-state index contributed by atoms with van der Waals surface area (Å²) in [7, 11) is 1.47. The first-order valence-electron chi connectivity index (χ1n) is 3.50. The second kappa shape index (κ2) is 4.76. The lowest BCUT2D eigenvalue weighted by molar-refractivity contribution is 1.47. The van der Waals surface area contributed by atoms with Gasteiger partial charge in [-0.2, -0.15) is 0 Å². The quantitative estimate of drug-likeness (QED) is 0.454. The Kier molecular flexibility index (Phi) is 4.71. The molecule has 0 fully saturated rings. The molecule has 1 aliphatic rings. The van der Waals surface area contributed by atoms with Crippen LogP contribution in [-0.2, 0) is 0 Å². The van der Waals surface area contributed by atoms with Gasteiger partial charge in [0, 0.05) is 0 Å². The van der Waals surface area contributed by atoms with Gasteiger partial charge in [-0.15, -0.1) is 0 Å². The van der Waals surface area contributed by atoms with Crippen LogP contribution in [0.1, 0.15) is 34.1 Å². The van der Waals surface area contributed by atoms with Gasteiger partial charge in [-0.25, -0.2) is 0 Å². The summed E-state index contributed by atoms with van der Waals surface area (Å²) in [5.74, 6) is 0. The lowest BCUT2D eigenvalue weighted by Gasteiger charge is -1.78. The van der Waals surface area contributed by atoms with Crippen molar-refractivity contribution in [1.82, 2.24) is 0 Å². The van der Waals surface area contributed by atoms with Crippen LogP contribution in [0.25, 0.3) is 0 Å². The SMILES string of the molecule is CC.CC1=CCC(C)=P1. The molecule has 1 heteroatoms. The first kappa shape index (κ1) is 8.91. The van der Waals surface area contributed by atoms with Crippen molar-refractivity contribution in [3.8, 4) is 0 Å². The van der Waals surface area contributed by atoms with E-state index in [2.05, 4.69) is 19.9 Å². The average Bonchev–Trinajstić information content (AvgIpc) is 2.20. The summed E-state index contributed by atoms with van der Waals surface area (Å²) in [4.78, 5) is 0. The smallest absolute Gasteiger partial charge is 0.00858 e. The fourth-order valence-corrected chi connectivity index (χ4v) is 1.66. The van der Waals surface area contributed by atoms with Gasteiger partial charge in [0.2, 0.25) is 0 Å². The Morgan fingerprint density at radius 2 is 1.89 bits per heavy atom. The fourth-order valence-electron chi connectivity index (χ4n) is 0.688. The first-order valence-corrected chi connectivity index (χ1v) is 4.39. The molecular weight excluding hydrogens is 127 g/mol. The second-order valence-electron chi connectivity index (χ2n) is 1.90. The zero-order chi connectivity index (χ0) is 7.28. The average molecular weight is 142 g/mol. The summed E-state index contributed by atoms with van der Waals surface area (Å²) in [6, 6.07) is 0. The van der Waals surface area contributed by atoms with E-state index in [4.69, 9.17) is 0 Å². The molecule has 52 valence electrons. The summed E-state index contributed by atoms with van der Waals surface area (Å²) < 4.78 is 0. The summed E-state index contributed by atoms with van der Waals surface area (Å²) in [5, 5.41) is 3.09. The molecule has 1 heterocycles. The monoisotopic (exact) mass is 142 g/mol. The number of allylic oxidation sites excluding steroid dienone is 2. The highest BCUT2D eigenvalue weighted by Gasteiger charge is 1.95. The van der Waals surface area contributed by atoms with Crippen molar-refractivity contribution >= 4 is 13.5 Å². The topological polar surface area (TPSA) is 0 Å². The van der Waals surface area contributed by atoms with E-state index in [0.717, 1.165) is 0 Å². The molecule has 0 aromatic carbocycles. The molecule has 0 unspecified atom stereocenters. The standard InChI is InChI=1S/C6H9P.C2H6/c1-5-3-4-6(2)7-5;1-2/h3H,4H2,1-2H3;1-2H3. The van der Waals surface area contributed by atoms with E-state index >= 15 is 0 Å². The Hall–Kier alpha value is -0.0900. The zero-order valence-corrected chi connectivity index (χ0v) is 7.63. The van der Waals surface area contributed by atoms with Crippen LogP contribution >= 0.6 is 8.20 Å². The third-order valence-electron chi connectivity index (χ3n) is 1.06. The molecule has 9 heavy (non-hydrogen) atoms. The highest BCUT2D eigenvalue weighted by Crippen LogP contribution is 2.22. The van der Waals surface area contributed by atoms with Gasteiger partial charge in [-0.1, -0.05) is 28.1 Å². The van der Waals surface area contributed by atoms with Crippen LogP contribution in [0, 0.1) is 0 Å². The molecule has 0 radical (unpaired) electrons. The van der Waals surface area contributed by atoms with Crippen LogP contribution in [0.5, 0.6) is 0 Å². The summed E-state index contributed by atoms with van der Waals surface area (Å²) in [6.07, 6.45) is 3.50. The summed E-state index contributed by atoms with van der Waals surface area (Å²) in [6.45, 7) is 8.38. The molecule has 0 bridgehead atoms. The molecular formula is C8H15P. The van der Waals surface area contributed by atoms with E-state index in [9.17, 15) is 0 Å². The lowest BCUT2D eigenvalue weighted by atomic mass is 10.3. The van der Waals surface area contributed by atoms with Gasteiger partial charge >= 0.3 is 0 Å². The number of rotatable bonds is 0. The van der Waals surface area contributed by atoms with Crippen LogP contribution in [0.15, 0.2) is 11.4 Å². The zero-order valence-electron chi connectivity index (χ0n) is 6.73. The van der Waals surface area contributed by atoms with Gasteiger partial charge in [0.25, 0.3) is 0 Å².